The Morgan fingerprint density at radius 2 is 2.25 bits per heavy atom. The van der Waals surface area contributed by atoms with Crippen molar-refractivity contribution in [2.45, 2.75) is 31.4 Å². The van der Waals surface area contributed by atoms with Crippen LogP contribution < -0.4 is 5.73 Å². The lowest BCUT2D eigenvalue weighted by atomic mass is 9.75. The van der Waals surface area contributed by atoms with Crippen LogP contribution in [0.1, 0.15) is 22.6 Å². The van der Waals surface area contributed by atoms with E-state index in [1.807, 2.05) is 12.1 Å². The molecule has 12 heavy (non-hydrogen) atoms. The van der Waals surface area contributed by atoms with Crippen LogP contribution in [0.25, 0.3) is 0 Å². The fourth-order valence-electron chi connectivity index (χ4n) is 1.69. The Balaban J connectivity index is 2.20. The number of nitrogens with two attached hydrogens (primary N) is 1. The van der Waals surface area contributed by atoms with E-state index in [1.54, 1.807) is 11.3 Å². The lowest BCUT2D eigenvalue weighted by Crippen LogP contribution is -2.48. The second-order valence-corrected chi connectivity index (χ2v) is 4.90. The van der Waals surface area contributed by atoms with E-state index in [0.29, 0.717) is 12.8 Å². The summed E-state index contributed by atoms with van der Waals surface area (Å²) in [6.45, 7) is 2.05. The lowest BCUT2D eigenvalue weighted by molar-refractivity contribution is -0.0490. The van der Waals surface area contributed by atoms with E-state index in [-0.39, 0.29) is 6.04 Å². The number of hydrogen-bond acceptors (Lipinski definition) is 3. The van der Waals surface area contributed by atoms with Crippen molar-refractivity contribution in [1.82, 2.24) is 0 Å². The average Bonchev–Trinajstić information content (AvgIpc) is 2.33. The molecule has 0 saturated heterocycles. The number of aryl methyl sites for hydroxylation is 1. The standard InChI is InChI=1S/C9H13NOS/c1-6-2-3-8(12-6)9(11)4-7(10)5-9/h2-3,7,11H,4-5,10H2,1H3. The van der Waals surface area contributed by atoms with Gasteiger partial charge in [-0.2, -0.15) is 0 Å². The summed E-state index contributed by atoms with van der Waals surface area (Å²) in [5, 5.41) is 10.00. The molecule has 0 aliphatic heterocycles. The van der Waals surface area contributed by atoms with Gasteiger partial charge in [0.25, 0.3) is 0 Å². The van der Waals surface area contributed by atoms with Gasteiger partial charge in [-0.3, -0.25) is 0 Å². The molecule has 3 heteroatoms. The summed E-state index contributed by atoms with van der Waals surface area (Å²) in [7, 11) is 0. The number of thiophene rings is 1. The van der Waals surface area contributed by atoms with Crippen molar-refractivity contribution in [2.75, 3.05) is 0 Å². The number of rotatable bonds is 1. The minimum Gasteiger partial charge on any atom is -0.384 e. The summed E-state index contributed by atoms with van der Waals surface area (Å²) in [5.41, 5.74) is 5.04. The molecule has 1 aromatic heterocycles. The van der Waals surface area contributed by atoms with Crippen LogP contribution in [0, 0.1) is 6.92 Å². The first-order chi connectivity index (χ1) is 5.60. The average molecular weight is 183 g/mol. The van der Waals surface area contributed by atoms with Crippen LogP contribution in [0.4, 0.5) is 0 Å². The van der Waals surface area contributed by atoms with E-state index >= 15 is 0 Å². The second kappa shape index (κ2) is 2.55. The van der Waals surface area contributed by atoms with Crippen molar-refractivity contribution in [1.29, 1.82) is 0 Å². The highest BCUT2D eigenvalue weighted by Gasteiger charge is 2.42. The van der Waals surface area contributed by atoms with Gasteiger partial charge in [-0.25, -0.2) is 0 Å². The Morgan fingerprint density at radius 3 is 2.67 bits per heavy atom. The Morgan fingerprint density at radius 1 is 1.58 bits per heavy atom. The van der Waals surface area contributed by atoms with Gasteiger partial charge in [0.05, 0.1) is 0 Å². The maximum atomic E-state index is 10.00. The third-order valence-corrected chi connectivity index (χ3v) is 3.59. The minimum absolute atomic E-state index is 0.192. The summed E-state index contributed by atoms with van der Waals surface area (Å²) in [6.07, 6.45) is 1.43. The van der Waals surface area contributed by atoms with Gasteiger partial charge in [-0.15, -0.1) is 11.3 Å². The normalized spacial score (nSPS) is 34.8. The molecule has 2 nitrogen and oxygen atoms in total. The van der Waals surface area contributed by atoms with E-state index in [0.717, 1.165) is 4.88 Å². The van der Waals surface area contributed by atoms with Crippen LogP contribution in [0.2, 0.25) is 0 Å². The highest BCUT2D eigenvalue weighted by molar-refractivity contribution is 7.12. The molecule has 66 valence electrons. The predicted octanol–water partition coefficient (Wildman–Crippen LogP) is 1.37. The van der Waals surface area contributed by atoms with Crippen molar-refractivity contribution in [3.05, 3.63) is 21.9 Å². The molecule has 3 N–H and O–H groups in total. The first-order valence-electron chi connectivity index (χ1n) is 4.15. The largest absolute Gasteiger partial charge is 0.384 e. The Labute approximate surface area is 76.0 Å². The molecular weight excluding hydrogens is 170 g/mol. The Kier molecular flexibility index (Phi) is 1.75. The second-order valence-electron chi connectivity index (χ2n) is 3.61. The Hall–Kier alpha value is -0.380. The van der Waals surface area contributed by atoms with Crippen molar-refractivity contribution >= 4 is 11.3 Å². The Bertz CT molecular complexity index is 288. The van der Waals surface area contributed by atoms with Gasteiger partial charge >= 0.3 is 0 Å². The van der Waals surface area contributed by atoms with E-state index < -0.39 is 5.60 Å². The highest BCUT2D eigenvalue weighted by atomic mass is 32.1. The van der Waals surface area contributed by atoms with Crippen molar-refractivity contribution < 1.29 is 5.11 Å². The van der Waals surface area contributed by atoms with Crippen molar-refractivity contribution in [2.24, 2.45) is 5.73 Å². The molecule has 0 radical (unpaired) electrons. The van der Waals surface area contributed by atoms with Crippen molar-refractivity contribution in [3.8, 4) is 0 Å². The molecule has 0 atom stereocenters. The third kappa shape index (κ3) is 1.18. The molecule has 1 aliphatic rings. The molecule has 0 spiro atoms. The maximum absolute atomic E-state index is 10.00. The monoisotopic (exact) mass is 183 g/mol. The van der Waals surface area contributed by atoms with Gasteiger partial charge < -0.3 is 10.8 Å². The molecule has 1 heterocycles. The summed E-state index contributed by atoms with van der Waals surface area (Å²) in [5.74, 6) is 0. The van der Waals surface area contributed by atoms with Crippen LogP contribution in [0.3, 0.4) is 0 Å². The molecule has 1 saturated carbocycles. The van der Waals surface area contributed by atoms with Gasteiger partial charge in [0, 0.05) is 15.8 Å². The van der Waals surface area contributed by atoms with Gasteiger partial charge in [0.2, 0.25) is 0 Å². The van der Waals surface area contributed by atoms with Gasteiger partial charge in [0.1, 0.15) is 5.60 Å². The van der Waals surface area contributed by atoms with Crippen LogP contribution in [-0.2, 0) is 5.60 Å². The molecule has 1 aliphatic carbocycles. The van der Waals surface area contributed by atoms with E-state index in [4.69, 9.17) is 5.73 Å². The fourth-order valence-corrected chi connectivity index (χ4v) is 2.67. The summed E-state index contributed by atoms with van der Waals surface area (Å²) < 4.78 is 0. The summed E-state index contributed by atoms with van der Waals surface area (Å²) in [4.78, 5) is 2.32. The minimum atomic E-state index is -0.599. The van der Waals surface area contributed by atoms with E-state index in [1.165, 1.54) is 4.88 Å². The van der Waals surface area contributed by atoms with Gasteiger partial charge in [0.15, 0.2) is 0 Å². The zero-order chi connectivity index (χ0) is 8.77. The zero-order valence-electron chi connectivity index (χ0n) is 7.08. The highest BCUT2D eigenvalue weighted by Crippen LogP contribution is 2.42. The van der Waals surface area contributed by atoms with Crippen LogP contribution in [0.15, 0.2) is 12.1 Å². The quantitative estimate of drug-likeness (QED) is 0.690. The number of aliphatic hydroxyl groups is 1. The molecule has 0 bridgehead atoms. The zero-order valence-corrected chi connectivity index (χ0v) is 7.90. The van der Waals surface area contributed by atoms with E-state index in [2.05, 4.69) is 6.92 Å². The third-order valence-electron chi connectivity index (χ3n) is 2.40. The van der Waals surface area contributed by atoms with E-state index in [9.17, 15) is 5.11 Å². The molecule has 2 rings (SSSR count). The van der Waals surface area contributed by atoms with Crippen molar-refractivity contribution in [3.63, 3.8) is 0 Å². The molecule has 0 unspecified atom stereocenters. The SMILES string of the molecule is Cc1ccc(C2(O)CC(N)C2)s1. The smallest absolute Gasteiger partial charge is 0.102 e. The van der Waals surface area contributed by atoms with Gasteiger partial charge in [-0.05, 0) is 31.9 Å². The number of hydrogen-bond donors (Lipinski definition) is 2. The molecule has 1 fully saturated rings. The summed E-state index contributed by atoms with van der Waals surface area (Å²) >= 11 is 1.67. The van der Waals surface area contributed by atoms with Gasteiger partial charge in [-0.1, -0.05) is 0 Å². The lowest BCUT2D eigenvalue weighted by Gasteiger charge is -2.41. The van der Waals surface area contributed by atoms with Crippen LogP contribution >= 0.6 is 11.3 Å². The first kappa shape index (κ1) is 8.23. The molecular formula is C9H13NOS. The maximum Gasteiger partial charge on any atom is 0.102 e. The molecule has 0 aromatic carbocycles. The summed E-state index contributed by atoms with van der Waals surface area (Å²) in [6, 6.07) is 4.24. The predicted molar refractivity (Wildman–Crippen MR) is 50.2 cm³/mol. The first-order valence-corrected chi connectivity index (χ1v) is 4.97. The van der Waals surface area contributed by atoms with Crippen LogP contribution in [-0.4, -0.2) is 11.1 Å². The van der Waals surface area contributed by atoms with Crippen LogP contribution in [0.5, 0.6) is 0 Å². The molecule has 1 aromatic rings. The topological polar surface area (TPSA) is 46.2 Å². The molecule has 0 amide bonds. The fraction of sp³-hybridized carbons (Fsp3) is 0.556.